The van der Waals surface area contributed by atoms with Gasteiger partial charge in [0.25, 0.3) is 0 Å². The van der Waals surface area contributed by atoms with Crippen molar-refractivity contribution in [1.29, 1.82) is 0 Å². The van der Waals surface area contributed by atoms with Gasteiger partial charge in [-0.1, -0.05) is 57.2 Å². The Labute approximate surface area is 176 Å². The minimum Gasteiger partial charge on any atom is -0.306 e. The van der Waals surface area contributed by atoms with E-state index in [1.165, 1.54) is 30.5 Å². The van der Waals surface area contributed by atoms with Gasteiger partial charge in [0.1, 0.15) is 11.6 Å². The molecule has 0 bridgehead atoms. The van der Waals surface area contributed by atoms with E-state index in [4.69, 9.17) is 0 Å². The van der Waals surface area contributed by atoms with Gasteiger partial charge in [-0.15, -0.1) is 0 Å². The fraction of sp³-hybridized carbons (Fsp3) is 0.500. The summed E-state index contributed by atoms with van der Waals surface area (Å²) in [6, 6.07) is 15.0. The van der Waals surface area contributed by atoms with Crippen molar-refractivity contribution in [2.45, 2.75) is 58.8 Å². The van der Waals surface area contributed by atoms with Gasteiger partial charge in [-0.05, 0) is 87.0 Å². The lowest BCUT2D eigenvalue weighted by Crippen LogP contribution is -2.29. The number of piperidine rings is 1. The van der Waals surface area contributed by atoms with Crippen LogP contribution in [0.4, 0.5) is 4.39 Å². The molecule has 3 heteroatoms. The highest BCUT2D eigenvalue weighted by molar-refractivity contribution is 5.83. The second kappa shape index (κ2) is 11.3. The number of carbonyl (C=O) groups excluding carboxylic acids is 1. The molecule has 2 nitrogen and oxygen atoms in total. The molecule has 0 aromatic heterocycles. The van der Waals surface area contributed by atoms with Crippen LogP contribution in [0.15, 0.2) is 48.5 Å². The average Bonchev–Trinajstić information content (AvgIpc) is 2.67. The van der Waals surface area contributed by atoms with Crippen LogP contribution in [0.5, 0.6) is 0 Å². The molecular formula is C26H36FNO. The molecule has 0 radical (unpaired) electrons. The van der Waals surface area contributed by atoms with Crippen LogP contribution >= 0.6 is 0 Å². The van der Waals surface area contributed by atoms with Crippen LogP contribution in [-0.4, -0.2) is 30.8 Å². The Balaban J connectivity index is 0.000000687. The van der Waals surface area contributed by atoms with Gasteiger partial charge in [-0.25, -0.2) is 4.39 Å². The molecule has 1 aliphatic rings. The van der Waals surface area contributed by atoms with E-state index in [1.807, 2.05) is 0 Å². The highest BCUT2D eigenvalue weighted by Gasteiger charge is 2.20. The number of benzene rings is 2. The summed E-state index contributed by atoms with van der Waals surface area (Å²) in [4.78, 5) is 14.5. The van der Waals surface area contributed by atoms with Crippen molar-refractivity contribution in [3.63, 3.8) is 0 Å². The third-order valence-corrected chi connectivity index (χ3v) is 5.37. The summed E-state index contributed by atoms with van der Waals surface area (Å²) in [5.74, 6) is 1.11. The number of likely N-dealkylation sites (tertiary alicyclic amines) is 1. The van der Waals surface area contributed by atoms with Crippen molar-refractivity contribution in [1.82, 2.24) is 4.90 Å². The standard InChI is InChI=1S/C22H26FNO.C4H10/c1-16(25)22(20-7-9-21(23)10-8-20)15-17-3-5-18(6-4-17)19-11-13-24(2)14-12-19;1-4(2)3/h3-10,19,22H,11-15H2,1-2H3;4H,1-3H3. The molecule has 2 aromatic rings. The second-order valence-electron chi connectivity index (χ2n) is 8.97. The Bertz CT molecular complexity index is 741. The van der Waals surface area contributed by atoms with Crippen LogP contribution in [0.1, 0.15) is 69.1 Å². The molecular weight excluding hydrogens is 361 g/mol. The SMILES string of the molecule is CC(=O)C(Cc1ccc(C2CCN(C)CC2)cc1)c1ccc(F)cc1.CC(C)C. The van der Waals surface area contributed by atoms with E-state index in [0.29, 0.717) is 12.3 Å². The highest BCUT2D eigenvalue weighted by atomic mass is 19.1. The predicted octanol–water partition coefficient (Wildman–Crippen LogP) is 6.21. The normalized spacial score (nSPS) is 16.2. The number of hydrogen-bond donors (Lipinski definition) is 0. The molecule has 0 amide bonds. The number of Topliss-reactive ketones (excluding diaryl/α,β-unsaturated/α-hetero) is 1. The summed E-state index contributed by atoms with van der Waals surface area (Å²) < 4.78 is 13.1. The summed E-state index contributed by atoms with van der Waals surface area (Å²) >= 11 is 0. The molecule has 0 saturated carbocycles. The van der Waals surface area contributed by atoms with Crippen molar-refractivity contribution in [2.75, 3.05) is 20.1 Å². The predicted molar refractivity (Wildman–Crippen MR) is 120 cm³/mol. The Kier molecular flexibility index (Phi) is 9.03. The van der Waals surface area contributed by atoms with Crippen LogP contribution in [0.2, 0.25) is 0 Å². The molecule has 0 spiro atoms. The summed E-state index contributed by atoms with van der Waals surface area (Å²) in [6.07, 6.45) is 3.08. The van der Waals surface area contributed by atoms with Gasteiger partial charge < -0.3 is 4.90 Å². The lowest BCUT2D eigenvalue weighted by atomic mass is 9.86. The fourth-order valence-electron chi connectivity index (χ4n) is 3.69. The molecule has 3 rings (SSSR count). The van der Waals surface area contributed by atoms with Crippen LogP contribution in [-0.2, 0) is 11.2 Å². The second-order valence-corrected chi connectivity index (χ2v) is 8.97. The largest absolute Gasteiger partial charge is 0.306 e. The Morgan fingerprint density at radius 1 is 1.00 bits per heavy atom. The number of rotatable bonds is 5. The Morgan fingerprint density at radius 3 is 2.00 bits per heavy atom. The molecule has 0 N–H and O–H groups in total. The van der Waals surface area contributed by atoms with Gasteiger partial charge in [0.05, 0.1) is 0 Å². The zero-order valence-corrected chi connectivity index (χ0v) is 18.6. The van der Waals surface area contributed by atoms with Crippen LogP contribution in [0.25, 0.3) is 0 Å². The number of hydrogen-bond acceptors (Lipinski definition) is 2. The maximum Gasteiger partial charge on any atom is 0.137 e. The first-order chi connectivity index (χ1) is 13.8. The van der Waals surface area contributed by atoms with Crippen LogP contribution in [0.3, 0.4) is 0 Å². The van der Waals surface area contributed by atoms with E-state index in [0.717, 1.165) is 30.1 Å². The van der Waals surface area contributed by atoms with E-state index in [2.05, 4.69) is 57.0 Å². The average molecular weight is 398 g/mol. The van der Waals surface area contributed by atoms with E-state index in [1.54, 1.807) is 19.1 Å². The number of ketones is 1. The summed E-state index contributed by atoms with van der Waals surface area (Å²) in [5.41, 5.74) is 3.44. The van der Waals surface area contributed by atoms with Gasteiger partial charge in [-0.2, -0.15) is 0 Å². The number of carbonyl (C=O) groups is 1. The van der Waals surface area contributed by atoms with Gasteiger partial charge in [0.15, 0.2) is 0 Å². The summed E-state index contributed by atoms with van der Waals surface area (Å²) in [6.45, 7) is 10.4. The first-order valence-electron chi connectivity index (χ1n) is 10.8. The molecule has 1 atom stereocenters. The van der Waals surface area contributed by atoms with Gasteiger partial charge in [0.2, 0.25) is 0 Å². The molecule has 29 heavy (non-hydrogen) atoms. The number of halogens is 1. The van der Waals surface area contributed by atoms with Crippen LogP contribution < -0.4 is 0 Å². The molecule has 0 aliphatic carbocycles. The lowest BCUT2D eigenvalue weighted by Gasteiger charge is -2.29. The monoisotopic (exact) mass is 397 g/mol. The maximum absolute atomic E-state index is 13.1. The fourth-order valence-corrected chi connectivity index (χ4v) is 3.69. The van der Waals surface area contributed by atoms with E-state index in [-0.39, 0.29) is 17.5 Å². The van der Waals surface area contributed by atoms with Gasteiger partial charge >= 0.3 is 0 Å². The molecule has 1 fully saturated rings. The summed E-state index contributed by atoms with van der Waals surface area (Å²) in [5, 5.41) is 0. The quantitative estimate of drug-likeness (QED) is 0.597. The first kappa shape index (κ1) is 23.3. The zero-order valence-electron chi connectivity index (χ0n) is 18.6. The molecule has 1 heterocycles. The van der Waals surface area contributed by atoms with E-state index >= 15 is 0 Å². The lowest BCUT2D eigenvalue weighted by molar-refractivity contribution is -0.118. The third kappa shape index (κ3) is 7.74. The zero-order chi connectivity index (χ0) is 21.4. The summed E-state index contributed by atoms with van der Waals surface area (Å²) in [7, 11) is 2.18. The first-order valence-corrected chi connectivity index (χ1v) is 10.8. The topological polar surface area (TPSA) is 20.3 Å². The minimum absolute atomic E-state index is 0.117. The minimum atomic E-state index is -0.270. The maximum atomic E-state index is 13.1. The van der Waals surface area contributed by atoms with Crippen LogP contribution in [0, 0.1) is 11.7 Å². The van der Waals surface area contributed by atoms with Gasteiger partial charge in [-0.3, -0.25) is 4.79 Å². The van der Waals surface area contributed by atoms with Gasteiger partial charge in [0, 0.05) is 5.92 Å². The smallest absolute Gasteiger partial charge is 0.137 e. The van der Waals surface area contributed by atoms with Crippen molar-refractivity contribution in [2.24, 2.45) is 5.92 Å². The van der Waals surface area contributed by atoms with E-state index < -0.39 is 0 Å². The Morgan fingerprint density at radius 2 is 1.52 bits per heavy atom. The van der Waals surface area contributed by atoms with Crippen molar-refractivity contribution in [3.8, 4) is 0 Å². The van der Waals surface area contributed by atoms with E-state index in [9.17, 15) is 9.18 Å². The molecule has 1 aliphatic heterocycles. The molecule has 2 aromatic carbocycles. The highest BCUT2D eigenvalue weighted by Crippen LogP contribution is 2.29. The Hall–Kier alpha value is -2.00. The molecule has 1 saturated heterocycles. The van der Waals surface area contributed by atoms with Crippen molar-refractivity contribution >= 4 is 5.78 Å². The molecule has 1 unspecified atom stereocenters. The number of nitrogens with zero attached hydrogens (tertiary/aromatic N) is 1. The third-order valence-electron chi connectivity index (χ3n) is 5.37. The molecule has 158 valence electrons. The van der Waals surface area contributed by atoms with Crippen molar-refractivity contribution < 1.29 is 9.18 Å². The van der Waals surface area contributed by atoms with Crippen molar-refractivity contribution in [3.05, 3.63) is 71.0 Å².